The molecule has 8 nitrogen and oxygen atoms in total. The molecule has 0 radical (unpaired) electrons. The van der Waals surface area contributed by atoms with Crippen molar-refractivity contribution < 1.29 is 22.7 Å². The van der Waals surface area contributed by atoms with E-state index in [1.54, 1.807) is 48.2 Å². The zero-order valence-electron chi connectivity index (χ0n) is 18.6. The summed E-state index contributed by atoms with van der Waals surface area (Å²) in [7, 11) is -2.11. The van der Waals surface area contributed by atoms with Gasteiger partial charge in [0.15, 0.2) is 0 Å². The van der Waals surface area contributed by atoms with Crippen LogP contribution in [0.5, 0.6) is 5.75 Å². The molecular formula is C23H29N3O5S. The summed E-state index contributed by atoms with van der Waals surface area (Å²) in [5.41, 5.74) is 2.01. The number of sulfonamides is 1. The molecule has 0 spiro atoms. The molecule has 3 rings (SSSR count). The maximum atomic E-state index is 13.0. The second-order valence-electron chi connectivity index (χ2n) is 7.76. The number of amides is 2. The van der Waals surface area contributed by atoms with Crippen molar-refractivity contribution in [1.29, 1.82) is 0 Å². The number of hydrogen-bond donors (Lipinski definition) is 1. The highest BCUT2D eigenvalue weighted by molar-refractivity contribution is 7.89. The molecule has 0 saturated carbocycles. The molecule has 1 fully saturated rings. The van der Waals surface area contributed by atoms with Crippen molar-refractivity contribution >= 4 is 21.8 Å². The van der Waals surface area contributed by atoms with Crippen LogP contribution in [0.3, 0.4) is 0 Å². The molecule has 172 valence electrons. The summed E-state index contributed by atoms with van der Waals surface area (Å²) in [6, 6.07) is 12.3. The van der Waals surface area contributed by atoms with Gasteiger partial charge in [0.1, 0.15) is 5.75 Å². The lowest BCUT2D eigenvalue weighted by atomic mass is 10.2. The number of aryl methyl sites for hydroxylation is 2. The summed E-state index contributed by atoms with van der Waals surface area (Å²) >= 11 is 0. The van der Waals surface area contributed by atoms with Crippen LogP contribution in [0.25, 0.3) is 0 Å². The number of para-hydroxylation sites is 1. The maximum Gasteiger partial charge on any atom is 0.255 e. The van der Waals surface area contributed by atoms with E-state index in [4.69, 9.17) is 4.74 Å². The molecule has 9 heteroatoms. The zero-order valence-corrected chi connectivity index (χ0v) is 19.4. The fraction of sp³-hybridized carbons (Fsp3) is 0.391. The van der Waals surface area contributed by atoms with Crippen LogP contribution in [0.15, 0.2) is 47.4 Å². The van der Waals surface area contributed by atoms with Crippen molar-refractivity contribution in [3.05, 3.63) is 59.2 Å². The minimum absolute atomic E-state index is 0.117. The number of hydrogen-bond acceptors (Lipinski definition) is 5. The predicted octanol–water partition coefficient (Wildman–Crippen LogP) is 1.97. The summed E-state index contributed by atoms with van der Waals surface area (Å²) in [4.78, 5) is 26.8. The lowest BCUT2D eigenvalue weighted by Gasteiger charge is -2.34. The number of carbonyl (C=O) groups is 2. The van der Waals surface area contributed by atoms with Gasteiger partial charge in [0, 0.05) is 39.1 Å². The van der Waals surface area contributed by atoms with Crippen LogP contribution in [0.2, 0.25) is 0 Å². The molecular weight excluding hydrogens is 430 g/mol. The highest BCUT2D eigenvalue weighted by Gasteiger charge is 2.31. The van der Waals surface area contributed by atoms with E-state index in [9.17, 15) is 18.0 Å². The molecule has 1 aliphatic rings. The van der Waals surface area contributed by atoms with Gasteiger partial charge in [-0.2, -0.15) is 4.31 Å². The molecule has 2 aromatic rings. The molecule has 32 heavy (non-hydrogen) atoms. The fourth-order valence-electron chi connectivity index (χ4n) is 3.67. The number of rotatable bonds is 7. The Morgan fingerprint density at radius 1 is 1.03 bits per heavy atom. The first kappa shape index (κ1) is 23.7. The Kier molecular flexibility index (Phi) is 7.52. The van der Waals surface area contributed by atoms with Crippen LogP contribution in [-0.2, 0) is 14.8 Å². The number of piperazine rings is 1. The summed E-state index contributed by atoms with van der Waals surface area (Å²) in [5.74, 6) is 0.0475. The van der Waals surface area contributed by atoms with Gasteiger partial charge in [-0.1, -0.05) is 24.3 Å². The van der Waals surface area contributed by atoms with E-state index in [-0.39, 0.29) is 37.9 Å². The fourth-order valence-corrected chi connectivity index (χ4v) is 5.40. The largest absolute Gasteiger partial charge is 0.496 e. The molecule has 1 N–H and O–H groups in total. The lowest BCUT2D eigenvalue weighted by molar-refractivity contribution is -0.132. The summed E-state index contributed by atoms with van der Waals surface area (Å²) < 4.78 is 32.7. The maximum absolute atomic E-state index is 13.0. The van der Waals surface area contributed by atoms with Gasteiger partial charge in [-0.3, -0.25) is 9.59 Å². The Balaban J connectivity index is 1.51. The van der Waals surface area contributed by atoms with Crippen molar-refractivity contribution in [3.63, 3.8) is 0 Å². The Labute approximate surface area is 189 Å². The van der Waals surface area contributed by atoms with Gasteiger partial charge >= 0.3 is 0 Å². The Bertz CT molecular complexity index is 1090. The van der Waals surface area contributed by atoms with Gasteiger partial charge in [-0.25, -0.2) is 8.42 Å². The van der Waals surface area contributed by atoms with Crippen molar-refractivity contribution in [1.82, 2.24) is 14.5 Å². The molecule has 0 bridgehead atoms. The number of nitrogens with one attached hydrogen (secondary N) is 1. The number of benzene rings is 2. The minimum Gasteiger partial charge on any atom is -0.496 e. The highest BCUT2D eigenvalue weighted by atomic mass is 32.2. The van der Waals surface area contributed by atoms with Gasteiger partial charge in [0.2, 0.25) is 15.9 Å². The van der Waals surface area contributed by atoms with Crippen molar-refractivity contribution in [2.24, 2.45) is 0 Å². The summed E-state index contributed by atoms with van der Waals surface area (Å²) in [5, 5.41) is 2.74. The molecule has 0 atom stereocenters. The second kappa shape index (κ2) is 10.1. The topological polar surface area (TPSA) is 96.0 Å². The van der Waals surface area contributed by atoms with Crippen LogP contribution in [0.1, 0.15) is 27.9 Å². The first-order chi connectivity index (χ1) is 15.2. The molecule has 1 aliphatic heterocycles. The summed E-state index contributed by atoms with van der Waals surface area (Å²) in [6.07, 6.45) is 0.143. The SMILES string of the molecule is COc1ccccc1C(=O)NCCC(=O)N1CCN(S(=O)(=O)c2cc(C)ccc2C)CC1. The lowest BCUT2D eigenvalue weighted by Crippen LogP contribution is -2.51. The Morgan fingerprint density at radius 2 is 1.72 bits per heavy atom. The molecule has 2 amide bonds. The third kappa shape index (κ3) is 5.28. The minimum atomic E-state index is -3.60. The summed E-state index contributed by atoms with van der Waals surface area (Å²) in [6.45, 7) is 4.97. The number of methoxy groups -OCH3 is 1. The van der Waals surface area contributed by atoms with Gasteiger partial charge in [0.25, 0.3) is 5.91 Å². The monoisotopic (exact) mass is 459 g/mol. The van der Waals surface area contributed by atoms with Crippen LogP contribution in [0, 0.1) is 13.8 Å². The van der Waals surface area contributed by atoms with E-state index in [0.29, 0.717) is 34.9 Å². The van der Waals surface area contributed by atoms with Gasteiger partial charge in [-0.15, -0.1) is 0 Å². The van der Waals surface area contributed by atoms with Crippen molar-refractivity contribution in [2.45, 2.75) is 25.2 Å². The van der Waals surface area contributed by atoms with Gasteiger partial charge in [-0.05, 0) is 43.2 Å². The quantitative estimate of drug-likeness (QED) is 0.683. The normalized spacial score (nSPS) is 14.8. The van der Waals surface area contributed by atoms with Crippen molar-refractivity contribution in [2.75, 3.05) is 39.8 Å². The Hall–Kier alpha value is -2.91. The van der Waals surface area contributed by atoms with E-state index >= 15 is 0 Å². The predicted molar refractivity (Wildman–Crippen MR) is 121 cm³/mol. The van der Waals surface area contributed by atoms with E-state index in [1.807, 2.05) is 13.0 Å². The number of carbonyl (C=O) groups excluding carboxylic acids is 2. The third-order valence-corrected chi connectivity index (χ3v) is 7.57. The molecule has 0 aliphatic carbocycles. The second-order valence-corrected chi connectivity index (χ2v) is 9.67. The zero-order chi connectivity index (χ0) is 23.3. The van der Waals surface area contributed by atoms with E-state index < -0.39 is 10.0 Å². The standard InChI is InChI=1S/C23H29N3O5S/c1-17-8-9-18(2)21(16-17)32(29,30)26-14-12-25(13-15-26)22(27)10-11-24-23(28)19-6-4-5-7-20(19)31-3/h4-9,16H,10-15H2,1-3H3,(H,24,28). The molecule has 2 aromatic carbocycles. The van der Waals surface area contributed by atoms with Crippen LogP contribution < -0.4 is 10.1 Å². The van der Waals surface area contributed by atoms with Crippen molar-refractivity contribution in [3.8, 4) is 5.75 Å². The first-order valence-corrected chi connectivity index (χ1v) is 11.9. The number of ether oxygens (including phenoxy) is 1. The van der Waals surface area contributed by atoms with Crippen LogP contribution >= 0.6 is 0 Å². The van der Waals surface area contributed by atoms with Crippen LogP contribution in [-0.4, -0.2) is 69.3 Å². The molecule has 0 aromatic heterocycles. The first-order valence-electron chi connectivity index (χ1n) is 10.5. The van der Waals surface area contributed by atoms with E-state index in [1.165, 1.54) is 11.4 Å². The number of nitrogens with zero attached hydrogens (tertiary/aromatic N) is 2. The van der Waals surface area contributed by atoms with E-state index in [0.717, 1.165) is 5.56 Å². The molecule has 1 saturated heterocycles. The Morgan fingerprint density at radius 3 is 2.41 bits per heavy atom. The average Bonchev–Trinajstić information content (AvgIpc) is 2.80. The van der Waals surface area contributed by atoms with Gasteiger partial charge < -0.3 is 15.0 Å². The average molecular weight is 460 g/mol. The third-order valence-electron chi connectivity index (χ3n) is 5.53. The van der Waals surface area contributed by atoms with E-state index in [2.05, 4.69) is 5.32 Å². The molecule has 0 unspecified atom stereocenters. The highest BCUT2D eigenvalue weighted by Crippen LogP contribution is 2.22. The van der Waals surface area contributed by atoms with Crippen LogP contribution in [0.4, 0.5) is 0 Å². The van der Waals surface area contributed by atoms with Gasteiger partial charge in [0.05, 0.1) is 17.6 Å². The molecule has 1 heterocycles. The smallest absolute Gasteiger partial charge is 0.255 e.